The minimum absolute atomic E-state index is 0.0896. The summed E-state index contributed by atoms with van der Waals surface area (Å²) in [6, 6.07) is 15.2. The highest BCUT2D eigenvalue weighted by atomic mass is 32.2. The average molecular weight is 442 g/mol. The van der Waals surface area contributed by atoms with E-state index in [2.05, 4.69) is 10.3 Å². The predicted octanol–water partition coefficient (Wildman–Crippen LogP) is 4.29. The number of carbonyl (C=O) groups excluding carboxylic acids is 2. The molecule has 0 fully saturated rings. The third-order valence-corrected chi connectivity index (χ3v) is 5.65. The molecule has 6 nitrogen and oxygen atoms in total. The summed E-state index contributed by atoms with van der Waals surface area (Å²) in [5.41, 5.74) is 1.67. The van der Waals surface area contributed by atoms with Crippen LogP contribution in [0.1, 0.15) is 5.69 Å². The van der Waals surface area contributed by atoms with E-state index < -0.39 is 18.5 Å². The molecule has 30 heavy (non-hydrogen) atoms. The fourth-order valence-corrected chi connectivity index (χ4v) is 3.97. The van der Waals surface area contributed by atoms with Gasteiger partial charge in [0.05, 0.1) is 29.6 Å². The number of halogens is 1. The molecule has 1 aromatic heterocycles. The van der Waals surface area contributed by atoms with Crippen molar-refractivity contribution < 1.29 is 18.7 Å². The molecule has 0 aliphatic carbocycles. The summed E-state index contributed by atoms with van der Waals surface area (Å²) in [7, 11) is 0. The monoisotopic (exact) mass is 441 g/mol. The summed E-state index contributed by atoms with van der Waals surface area (Å²) < 4.78 is 18.4. The fraction of sp³-hybridized carbons (Fsp3) is 0.143. The third-order valence-electron chi connectivity index (χ3n) is 3.77. The maximum Gasteiger partial charge on any atom is 0.312 e. The Balaban J connectivity index is 1.51. The predicted molar refractivity (Wildman–Crippen MR) is 114 cm³/mol. The minimum Gasteiger partial charge on any atom is -0.455 e. The SMILES string of the molecule is N#CCSc1ccccc1NC(=O)COC(=O)Cc1csc(-c2cccc(F)c2)n1. The van der Waals surface area contributed by atoms with Crippen molar-refractivity contribution in [3.05, 3.63) is 65.4 Å². The van der Waals surface area contributed by atoms with Gasteiger partial charge < -0.3 is 10.1 Å². The second-order valence-electron chi connectivity index (χ2n) is 5.98. The molecule has 0 radical (unpaired) electrons. The van der Waals surface area contributed by atoms with E-state index in [1.165, 1.54) is 35.2 Å². The van der Waals surface area contributed by atoms with Crippen molar-refractivity contribution in [3.8, 4) is 16.6 Å². The molecule has 0 saturated heterocycles. The van der Waals surface area contributed by atoms with Gasteiger partial charge in [-0.25, -0.2) is 9.37 Å². The normalized spacial score (nSPS) is 10.3. The Morgan fingerprint density at radius 3 is 2.87 bits per heavy atom. The number of aromatic nitrogens is 1. The van der Waals surface area contributed by atoms with Gasteiger partial charge in [0.1, 0.15) is 10.8 Å². The molecule has 9 heteroatoms. The van der Waals surface area contributed by atoms with Gasteiger partial charge in [-0.15, -0.1) is 23.1 Å². The lowest BCUT2D eigenvalue weighted by Gasteiger charge is -2.09. The summed E-state index contributed by atoms with van der Waals surface area (Å²) >= 11 is 2.60. The number of nitrogens with one attached hydrogen (secondary N) is 1. The van der Waals surface area contributed by atoms with Gasteiger partial charge in [0, 0.05) is 15.8 Å². The number of amides is 1. The van der Waals surface area contributed by atoms with Crippen LogP contribution < -0.4 is 5.32 Å². The van der Waals surface area contributed by atoms with E-state index >= 15 is 0 Å². The topological polar surface area (TPSA) is 92.1 Å². The number of carbonyl (C=O) groups is 2. The van der Waals surface area contributed by atoms with Crippen molar-refractivity contribution in [2.45, 2.75) is 11.3 Å². The van der Waals surface area contributed by atoms with Gasteiger partial charge in [0.15, 0.2) is 6.61 Å². The summed E-state index contributed by atoms with van der Waals surface area (Å²) in [4.78, 5) is 29.2. The maximum absolute atomic E-state index is 13.3. The first kappa shape index (κ1) is 21.5. The van der Waals surface area contributed by atoms with Crippen LogP contribution in [0.4, 0.5) is 10.1 Å². The molecule has 0 unspecified atom stereocenters. The smallest absolute Gasteiger partial charge is 0.312 e. The van der Waals surface area contributed by atoms with Crippen molar-refractivity contribution in [3.63, 3.8) is 0 Å². The molecule has 3 aromatic rings. The number of rotatable bonds is 8. The summed E-state index contributed by atoms with van der Waals surface area (Å²) in [5.74, 6) is -1.17. The van der Waals surface area contributed by atoms with E-state index in [0.717, 1.165) is 4.90 Å². The standard InChI is InChI=1S/C21H16FN3O3S2/c22-15-5-3-4-14(10-15)21-24-16(13-30-21)11-20(27)28-12-19(26)25-17-6-1-2-7-18(17)29-9-8-23/h1-7,10,13H,9,11-12H2,(H,25,26). The van der Waals surface area contributed by atoms with E-state index in [9.17, 15) is 14.0 Å². The Hall–Kier alpha value is -3.22. The highest BCUT2D eigenvalue weighted by Crippen LogP contribution is 2.27. The zero-order valence-electron chi connectivity index (χ0n) is 15.6. The molecular formula is C21H16FN3O3S2. The van der Waals surface area contributed by atoms with Crippen molar-refractivity contribution in [1.29, 1.82) is 5.26 Å². The molecule has 0 bridgehead atoms. The van der Waals surface area contributed by atoms with Crippen LogP contribution >= 0.6 is 23.1 Å². The van der Waals surface area contributed by atoms with Crippen LogP contribution in [0.2, 0.25) is 0 Å². The van der Waals surface area contributed by atoms with Crippen LogP contribution in [-0.2, 0) is 20.7 Å². The number of nitrogens with zero attached hydrogens (tertiary/aromatic N) is 2. The van der Waals surface area contributed by atoms with E-state index in [4.69, 9.17) is 10.00 Å². The van der Waals surface area contributed by atoms with Crippen molar-refractivity contribution >= 4 is 40.7 Å². The molecule has 0 aliphatic rings. The Kier molecular flexibility index (Phi) is 7.54. The summed E-state index contributed by atoms with van der Waals surface area (Å²) in [6.07, 6.45) is -0.0896. The Morgan fingerprint density at radius 2 is 2.07 bits per heavy atom. The van der Waals surface area contributed by atoms with Crippen molar-refractivity contribution in [2.24, 2.45) is 0 Å². The lowest BCUT2D eigenvalue weighted by atomic mass is 10.2. The van der Waals surface area contributed by atoms with Gasteiger partial charge in [-0.1, -0.05) is 24.3 Å². The first-order valence-corrected chi connectivity index (χ1v) is 10.7. The number of thiazole rings is 1. The number of ether oxygens (including phenoxy) is 1. The largest absolute Gasteiger partial charge is 0.455 e. The summed E-state index contributed by atoms with van der Waals surface area (Å²) in [5, 5.41) is 13.7. The molecule has 0 atom stereocenters. The average Bonchev–Trinajstić information content (AvgIpc) is 3.20. The van der Waals surface area contributed by atoms with Crippen LogP contribution in [0.25, 0.3) is 10.6 Å². The van der Waals surface area contributed by atoms with Crippen LogP contribution in [0.5, 0.6) is 0 Å². The molecule has 2 aromatic carbocycles. The number of benzene rings is 2. The Morgan fingerprint density at radius 1 is 1.23 bits per heavy atom. The van der Waals surface area contributed by atoms with Crippen LogP contribution in [0, 0.1) is 17.1 Å². The van der Waals surface area contributed by atoms with Gasteiger partial charge in [0.25, 0.3) is 5.91 Å². The molecule has 1 N–H and O–H groups in total. The molecule has 1 heterocycles. The van der Waals surface area contributed by atoms with Gasteiger partial charge >= 0.3 is 5.97 Å². The number of hydrogen-bond acceptors (Lipinski definition) is 7. The molecule has 0 spiro atoms. The lowest BCUT2D eigenvalue weighted by molar-refractivity contribution is -0.146. The fourth-order valence-electron chi connectivity index (χ4n) is 2.48. The second-order valence-corrected chi connectivity index (χ2v) is 7.86. The maximum atomic E-state index is 13.3. The molecule has 3 rings (SSSR count). The first-order valence-electron chi connectivity index (χ1n) is 8.80. The van der Waals surface area contributed by atoms with Crippen LogP contribution in [-0.4, -0.2) is 29.2 Å². The minimum atomic E-state index is -0.589. The highest BCUT2D eigenvalue weighted by Gasteiger charge is 2.13. The number of hydrogen-bond donors (Lipinski definition) is 1. The van der Waals surface area contributed by atoms with Gasteiger partial charge in [-0.05, 0) is 24.3 Å². The van der Waals surface area contributed by atoms with E-state index in [1.54, 1.807) is 41.8 Å². The third kappa shape index (κ3) is 6.14. The first-order chi connectivity index (χ1) is 14.5. The van der Waals surface area contributed by atoms with Gasteiger partial charge in [0.2, 0.25) is 0 Å². The van der Waals surface area contributed by atoms with Gasteiger partial charge in [-0.3, -0.25) is 9.59 Å². The van der Waals surface area contributed by atoms with E-state index in [1.807, 2.05) is 6.07 Å². The highest BCUT2D eigenvalue weighted by molar-refractivity contribution is 7.99. The van der Waals surface area contributed by atoms with Crippen LogP contribution in [0.15, 0.2) is 58.8 Å². The Bertz CT molecular complexity index is 1090. The summed E-state index contributed by atoms with van der Waals surface area (Å²) in [6.45, 7) is -0.434. The van der Waals surface area contributed by atoms with Gasteiger partial charge in [-0.2, -0.15) is 5.26 Å². The quantitative estimate of drug-likeness (QED) is 0.414. The molecule has 0 saturated carbocycles. The zero-order valence-corrected chi connectivity index (χ0v) is 17.3. The van der Waals surface area contributed by atoms with Crippen molar-refractivity contribution in [2.75, 3.05) is 17.7 Å². The van der Waals surface area contributed by atoms with E-state index in [0.29, 0.717) is 22.0 Å². The molecular weight excluding hydrogens is 425 g/mol. The molecule has 1 amide bonds. The number of thioether (sulfide) groups is 1. The number of esters is 1. The Labute approximate surface area is 180 Å². The van der Waals surface area contributed by atoms with Crippen LogP contribution in [0.3, 0.4) is 0 Å². The molecule has 0 aliphatic heterocycles. The van der Waals surface area contributed by atoms with Crippen molar-refractivity contribution in [1.82, 2.24) is 4.98 Å². The van der Waals surface area contributed by atoms with E-state index in [-0.39, 0.29) is 18.0 Å². The number of nitriles is 1. The number of anilines is 1. The lowest BCUT2D eigenvalue weighted by Crippen LogP contribution is -2.22. The second kappa shape index (κ2) is 10.5. The zero-order chi connectivity index (χ0) is 21.3. The number of para-hydroxylation sites is 1. The molecule has 152 valence electrons.